The summed E-state index contributed by atoms with van der Waals surface area (Å²) in [7, 11) is 1.77. The molecule has 0 bridgehead atoms. The maximum Gasteiger partial charge on any atom is 0.233 e. The third-order valence-corrected chi connectivity index (χ3v) is 3.94. The lowest BCUT2D eigenvalue weighted by atomic mass is 10.00. The highest BCUT2D eigenvalue weighted by atomic mass is 79.9. The lowest BCUT2D eigenvalue weighted by Gasteiger charge is -2.20. The largest absolute Gasteiger partial charge is 0.492 e. The van der Waals surface area contributed by atoms with Crippen molar-refractivity contribution in [2.45, 2.75) is 12.5 Å². The van der Waals surface area contributed by atoms with Crippen molar-refractivity contribution < 1.29 is 9.53 Å². The minimum Gasteiger partial charge on any atom is -0.492 e. The van der Waals surface area contributed by atoms with Crippen LogP contribution in [0, 0.1) is 0 Å². The lowest BCUT2D eigenvalue weighted by Crippen LogP contribution is -2.32. The van der Waals surface area contributed by atoms with E-state index < -0.39 is 0 Å². The topological polar surface area (TPSA) is 55.3 Å². The molecule has 2 aromatic rings. The van der Waals surface area contributed by atoms with Gasteiger partial charge in [0, 0.05) is 29.5 Å². The van der Waals surface area contributed by atoms with Crippen molar-refractivity contribution in [1.29, 1.82) is 0 Å². The van der Waals surface area contributed by atoms with Crippen LogP contribution in [0.2, 0.25) is 0 Å². The van der Waals surface area contributed by atoms with Gasteiger partial charge in [-0.05, 0) is 18.2 Å². The Morgan fingerprint density at radius 2 is 2.33 bits per heavy atom. The Balaban J connectivity index is 1.76. The first-order valence-corrected chi connectivity index (χ1v) is 7.36. The van der Waals surface area contributed by atoms with Crippen LogP contribution < -0.4 is 4.74 Å². The number of aromatic nitrogens is 2. The molecule has 1 aromatic carbocycles. The van der Waals surface area contributed by atoms with E-state index in [2.05, 4.69) is 25.9 Å². The average molecular weight is 348 g/mol. The van der Waals surface area contributed by atoms with Crippen LogP contribution in [0.5, 0.6) is 5.75 Å². The molecule has 0 unspecified atom stereocenters. The third-order valence-electron chi connectivity index (χ3n) is 3.44. The van der Waals surface area contributed by atoms with Gasteiger partial charge in [-0.3, -0.25) is 14.8 Å². The van der Waals surface area contributed by atoms with Crippen molar-refractivity contribution >= 4 is 21.8 Å². The number of hydrogen-bond acceptors (Lipinski definition) is 4. The summed E-state index contributed by atoms with van der Waals surface area (Å²) in [6, 6.07) is 5.74. The first kappa shape index (κ1) is 14.0. The molecule has 0 aliphatic carbocycles. The number of amides is 1. The number of ether oxygens (including phenoxy) is 1. The smallest absolute Gasteiger partial charge is 0.233 e. The zero-order valence-electron chi connectivity index (χ0n) is 11.5. The highest BCUT2D eigenvalue weighted by Gasteiger charge is 2.32. The zero-order valence-corrected chi connectivity index (χ0v) is 13.1. The quantitative estimate of drug-likeness (QED) is 0.855. The normalized spacial score (nSPS) is 16.2. The van der Waals surface area contributed by atoms with E-state index in [1.54, 1.807) is 30.5 Å². The predicted octanol–water partition coefficient (Wildman–Crippen LogP) is 2.37. The van der Waals surface area contributed by atoms with Gasteiger partial charge in [0.05, 0.1) is 18.4 Å². The van der Waals surface area contributed by atoms with Crippen LogP contribution in [0.3, 0.4) is 0 Å². The highest BCUT2D eigenvalue weighted by Crippen LogP contribution is 2.36. The number of hydrogen-bond donors (Lipinski definition) is 0. The monoisotopic (exact) mass is 347 g/mol. The molecule has 108 valence electrons. The Kier molecular flexibility index (Phi) is 3.88. The molecule has 5 nitrogen and oxygen atoms in total. The molecule has 0 fully saturated rings. The van der Waals surface area contributed by atoms with Crippen molar-refractivity contribution in [3.8, 4) is 5.75 Å². The molecule has 1 aromatic heterocycles. The SMILES string of the molecule is CN(Cc1cnccn1)C(=O)[C@@H]1COc2ccc(Br)cc21. The standard InChI is InChI=1S/C15H14BrN3O2/c1-19(8-11-7-17-4-5-18-11)15(20)13-9-21-14-3-2-10(16)6-12(13)14/h2-7,13H,8-9H2,1H3/t13-/m1/s1. The average Bonchev–Trinajstić information content (AvgIpc) is 2.90. The summed E-state index contributed by atoms with van der Waals surface area (Å²) in [4.78, 5) is 22.5. The lowest BCUT2D eigenvalue weighted by molar-refractivity contribution is -0.132. The van der Waals surface area contributed by atoms with Crippen molar-refractivity contribution in [2.75, 3.05) is 13.7 Å². The van der Waals surface area contributed by atoms with Crippen LogP contribution >= 0.6 is 15.9 Å². The summed E-state index contributed by atoms with van der Waals surface area (Å²) in [6.45, 7) is 0.821. The van der Waals surface area contributed by atoms with Gasteiger partial charge in [0.15, 0.2) is 0 Å². The van der Waals surface area contributed by atoms with E-state index >= 15 is 0 Å². The summed E-state index contributed by atoms with van der Waals surface area (Å²) >= 11 is 3.43. The molecular formula is C15H14BrN3O2. The maximum absolute atomic E-state index is 12.6. The highest BCUT2D eigenvalue weighted by molar-refractivity contribution is 9.10. The Hall–Kier alpha value is -1.95. The molecule has 0 N–H and O–H groups in total. The third kappa shape index (κ3) is 2.90. The Morgan fingerprint density at radius 1 is 1.48 bits per heavy atom. The van der Waals surface area contributed by atoms with E-state index in [1.807, 2.05) is 18.2 Å². The van der Waals surface area contributed by atoms with Gasteiger partial charge < -0.3 is 9.64 Å². The molecule has 6 heteroatoms. The molecule has 2 heterocycles. The van der Waals surface area contributed by atoms with Crippen molar-refractivity contribution in [2.24, 2.45) is 0 Å². The molecule has 0 saturated heterocycles. The number of carbonyl (C=O) groups excluding carboxylic acids is 1. The Bertz CT molecular complexity index is 663. The van der Waals surface area contributed by atoms with Crippen LogP contribution in [0.1, 0.15) is 17.2 Å². The van der Waals surface area contributed by atoms with Gasteiger partial charge in [0.25, 0.3) is 0 Å². The first-order valence-electron chi connectivity index (χ1n) is 6.57. The zero-order chi connectivity index (χ0) is 14.8. The van der Waals surface area contributed by atoms with Gasteiger partial charge in [0.1, 0.15) is 18.3 Å². The minimum absolute atomic E-state index is 0.0255. The van der Waals surface area contributed by atoms with Crippen molar-refractivity contribution in [3.63, 3.8) is 0 Å². The number of rotatable bonds is 3. The molecule has 1 aliphatic heterocycles. The molecule has 3 rings (SSSR count). The van der Waals surface area contributed by atoms with Gasteiger partial charge >= 0.3 is 0 Å². The van der Waals surface area contributed by atoms with E-state index in [0.29, 0.717) is 13.2 Å². The summed E-state index contributed by atoms with van der Waals surface area (Å²) in [6.07, 6.45) is 4.90. The second kappa shape index (κ2) is 5.81. The fourth-order valence-corrected chi connectivity index (χ4v) is 2.77. The van der Waals surface area contributed by atoms with Crippen LogP contribution in [0.15, 0.2) is 41.3 Å². The van der Waals surface area contributed by atoms with E-state index in [9.17, 15) is 4.79 Å². The number of fused-ring (bicyclic) bond motifs is 1. The number of benzene rings is 1. The molecule has 1 atom stereocenters. The number of halogens is 1. The summed E-state index contributed by atoms with van der Waals surface area (Å²) < 4.78 is 6.54. The second-order valence-electron chi connectivity index (χ2n) is 4.94. The van der Waals surface area contributed by atoms with Crippen LogP contribution in [0.4, 0.5) is 0 Å². The minimum atomic E-state index is -0.265. The Morgan fingerprint density at radius 3 is 3.10 bits per heavy atom. The molecule has 21 heavy (non-hydrogen) atoms. The molecule has 1 aliphatic rings. The Labute approximate surface area is 131 Å². The van der Waals surface area contributed by atoms with Crippen molar-refractivity contribution in [3.05, 3.63) is 52.5 Å². The van der Waals surface area contributed by atoms with E-state index in [0.717, 1.165) is 21.5 Å². The maximum atomic E-state index is 12.6. The van der Waals surface area contributed by atoms with E-state index in [4.69, 9.17) is 4.74 Å². The summed E-state index contributed by atoms with van der Waals surface area (Å²) in [5.41, 5.74) is 1.70. The molecule has 0 radical (unpaired) electrons. The molecular weight excluding hydrogens is 334 g/mol. The number of nitrogens with zero attached hydrogens (tertiary/aromatic N) is 3. The van der Waals surface area contributed by atoms with E-state index in [1.165, 1.54) is 0 Å². The van der Waals surface area contributed by atoms with Crippen LogP contribution in [-0.2, 0) is 11.3 Å². The molecule has 1 amide bonds. The van der Waals surface area contributed by atoms with Gasteiger partial charge in [-0.2, -0.15) is 0 Å². The predicted molar refractivity (Wildman–Crippen MR) is 80.9 cm³/mol. The van der Waals surface area contributed by atoms with Gasteiger partial charge in [-0.1, -0.05) is 15.9 Å². The number of carbonyl (C=O) groups is 1. The van der Waals surface area contributed by atoms with Crippen molar-refractivity contribution in [1.82, 2.24) is 14.9 Å². The number of likely N-dealkylation sites (N-methyl/N-ethyl adjacent to an activating group) is 1. The fourth-order valence-electron chi connectivity index (χ4n) is 2.39. The van der Waals surface area contributed by atoms with E-state index in [-0.39, 0.29) is 11.8 Å². The second-order valence-corrected chi connectivity index (χ2v) is 5.85. The summed E-state index contributed by atoms with van der Waals surface area (Å²) in [5.74, 6) is 0.543. The van der Waals surface area contributed by atoms with Gasteiger partial charge in [-0.25, -0.2) is 0 Å². The van der Waals surface area contributed by atoms with Crippen LogP contribution in [-0.4, -0.2) is 34.4 Å². The summed E-state index contributed by atoms with van der Waals surface area (Å²) in [5, 5.41) is 0. The first-order chi connectivity index (χ1) is 10.1. The van der Waals surface area contributed by atoms with Gasteiger partial charge in [-0.15, -0.1) is 0 Å². The molecule has 0 spiro atoms. The molecule has 0 saturated carbocycles. The van der Waals surface area contributed by atoms with Gasteiger partial charge in [0.2, 0.25) is 5.91 Å². The van der Waals surface area contributed by atoms with Crippen LogP contribution in [0.25, 0.3) is 0 Å². The fraction of sp³-hybridized carbons (Fsp3) is 0.267.